The van der Waals surface area contributed by atoms with Crippen molar-refractivity contribution in [1.29, 1.82) is 0 Å². The molecule has 0 radical (unpaired) electrons. The van der Waals surface area contributed by atoms with Gasteiger partial charge in [0.15, 0.2) is 0 Å². The molecule has 2 heterocycles. The molecular weight excluding hydrogens is 264 g/mol. The molecule has 2 aromatic rings. The number of thioether (sulfide) groups is 1. The van der Waals surface area contributed by atoms with Gasteiger partial charge in [0.2, 0.25) is 5.16 Å². The van der Waals surface area contributed by atoms with E-state index in [4.69, 9.17) is 5.73 Å². The average Bonchev–Trinajstić information content (AvgIpc) is 2.95. The summed E-state index contributed by atoms with van der Waals surface area (Å²) in [6.07, 6.45) is 2.58. The molecule has 0 aliphatic heterocycles. The molecule has 10 heteroatoms. The topological polar surface area (TPSA) is 87.4 Å². The molecule has 0 fully saturated rings. The summed E-state index contributed by atoms with van der Waals surface area (Å²) in [6.45, 7) is -1.70. The SMILES string of the molecule is NCCn1nnnc1SCc1nccn1C(F)F. The molecule has 7 nitrogen and oxygen atoms in total. The van der Waals surface area contributed by atoms with Gasteiger partial charge in [0, 0.05) is 18.9 Å². The van der Waals surface area contributed by atoms with E-state index in [1.54, 1.807) is 0 Å². The van der Waals surface area contributed by atoms with Crippen LogP contribution in [0.5, 0.6) is 0 Å². The molecule has 0 unspecified atom stereocenters. The van der Waals surface area contributed by atoms with Crippen LogP contribution in [0.2, 0.25) is 0 Å². The third kappa shape index (κ3) is 2.82. The van der Waals surface area contributed by atoms with Crippen LogP contribution in [0, 0.1) is 0 Å². The van der Waals surface area contributed by atoms with Gasteiger partial charge in [-0.1, -0.05) is 11.8 Å². The number of nitrogens with zero attached hydrogens (tertiary/aromatic N) is 6. The maximum atomic E-state index is 12.6. The van der Waals surface area contributed by atoms with Crippen LogP contribution in [0.15, 0.2) is 17.6 Å². The van der Waals surface area contributed by atoms with Crippen molar-refractivity contribution in [2.24, 2.45) is 5.73 Å². The molecule has 98 valence electrons. The van der Waals surface area contributed by atoms with Crippen LogP contribution in [-0.4, -0.2) is 36.3 Å². The molecule has 18 heavy (non-hydrogen) atoms. The number of alkyl halides is 2. The van der Waals surface area contributed by atoms with Gasteiger partial charge >= 0.3 is 6.55 Å². The van der Waals surface area contributed by atoms with Crippen LogP contribution in [0.3, 0.4) is 0 Å². The Hall–Kier alpha value is -1.55. The first-order chi connectivity index (χ1) is 8.72. The van der Waals surface area contributed by atoms with Gasteiger partial charge in [0.1, 0.15) is 5.82 Å². The summed E-state index contributed by atoms with van der Waals surface area (Å²) >= 11 is 1.24. The summed E-state index contributed by atoms with van der Waals surface area (Å²) in [5.74, 6) is 0.541. The Morgan fingerprint density at radius 1 is 1.44 bits per heavy atom. The molecule has 0 aliphatic carbocycles. The lowest BCUT2D eigenvalue weighted by molar-refractivity contribution is 0.0678. The lowest BCUT2D eigenvalue weighted by Gasteiger charge is -2.05. The van der Waals surface area contributed by atoms with Crippen molar-refractivity contribution in [3.8, 4) is 0 Å². The Labute approximate surface area is 105 Å². The number of hydrogen-bond donors (Lipinski definition) is 1. The van der Waals surface area contributed by atoms with E-state index in [1.165, 1.54) is 28.8 Å². The van der Waals surface area contributed by atoms with E-state index in [0.717, 1.165) is 4.57 Å². The molecule has 0 bridgehead atoms. The average molecular weight is 275 g/mol. The van der Waals surface area contributed by atoms with Crippen LogP contribution < -0.4 is 5.73 Å². The van der Waals surface area contributed by atoms with E-state index in [1.807, 2.05) is 0 Å². The molecule has 0 aliphatic rings. The molecule has 0 saturated heterocycles. The van der Waals surface area contributed by atoms with E-state index in [9.17, 15) is 8.78 Å². The molecule has 0 amide bonds. The Balaban J connectivity index is 2.02. The van der Waals surface area contributed by atoms with E-state index in [0.29, 0.717) is 18.2 Å². The predicted octanol–water partition coefficient (Wildman–Crippen LogP) is 0.516. The molecular formula is C8H11F2N7S. The number of aromatic nitrogens is 6. The third-order valence-electron chi connectivity index (χ3n) is 2.13. The standard InChI is InChI=1S/C8H11F2N7S/c9-7(10)16-4-2-12-6(16)5-18-8-13-14-15-17(8)3-1-11/h2,4,7H,1,3,5,11H2. The number of tetrazole rings is 1. The Kier molecular flexibility index (Phi) is 4.20. The quantitative estimate of drug-likeness (QED) is 0.773. The number of halogens is 2. The zero-order valence-electron chi connectivity index (χ0n) is 9.28. The summed E-state index contributed by atoms with van der Waals surface area (Å²) in [6, 6.07) is 0. The second kappa shape index (κ2) is 5.87. The Morgan fingerprint density at radius 2 is 2.28 bits per heavy atom. The smallest absolute Gasteiger partial charge is 0.319 e. The van der Waals surface area contributed by atoms with Crippen LogP contribution in [-0.2, 0) is 12.3 Å². The van der Waals surface area contributed by atoms with E-state index in [2.05, 4.69) is 20.5 Å². The first kappa shape index (κ1) is 12.9. The minimum absolute atomic E-state index is 0.266. The number of hydrogen-bond acceptors (Lipinski definition) is 6. The Bertz CT molecular complexity index is 497. The molecule has 2 aromatic heterocycles. The summed E-state index contributed by atoms with van der Waals surface area (Å²) in [7, 11) is 0. The highest BCUT2D eigenvalue weighted by molar-refractivity contribution is 7.98. The maximum Gasteiger partial charge on any atom is 0.319 e. The molecule has 0 saturated carbocycles. The van der Waals surface area contributed by atoms with Gasteiger partial charge < -0.3 is 5.73 Å². The second-order valence-electron chi connectivity index (χ2n) is 3.29. The van der Waals surface area contributed by atoms with Gasteiger partial charge in [-0.05, 0) is 10.4 Å². The first-order valence-corrected chi connectivity index (χ1v) is 6.10. The van der Waals surface area contributed by atoms with Gasteiger partial charge in [0.05, 0.1) is 12.3 Å². The fraction of sp³-hybridized carbons (Fsp3) is 0.500. The fourth-order valence-corrected chi connectivity index (χ4v) is 2.18. The van der Waals surface area contributed by atoms with E-state index < -0.39 is 6.55 Å². The number of imidazole rings is 1. The van der Waals surface area contributed by atoms with Gasteiger partial charge in [0.25, 0.3) is 0 Å². The zero-order chi connectivity index (χ0) is 13.0. The normalized spacial score (nSPS) is 11.3. The number of nitrogens with two attached hydrogens (primary N) is 1. The van der Waals surface area contributed by atoms with Crippen LogP contribution in [0.4, 0.5) is 8.78 Å². The highest BCUT2D eigenvalue weighted by Crippen LogP contribution is 2.21. The maximum absolute atomic E-state index is 12.6. The zero-order valence-corrected chi connectivity index (χ0v) is 10.1. The third-order valence-corrected chi connectivity index (χ3v) is 3.08. The summed E-state index contributed by atoms with van der Waals surface area (Å²) in [4.78, 5) is 3.87. The van der Waals surface area contributed by atoms with Crippen molar-refractivity contribution in [1.82, 2.24) is 29.8 Å². The fourth-order valence-electron chi connectivity index (χ4n) is 1.32. The predicted molar refractivity (Wildman–Crippen MR) is 59.9 cm³/mol. The van der Waals surface area contributed by atoms with Gasteiger partial charge in [-0.25, -0.2) is 9.67 Å². The molecule has 2 rings (SSSR count). The van der Waals surface area contributed by atoms with Crippen molar-refractivity contribution in [3.05, 3.63) is 18.2 Å². The van der Waals surface area contributed by atoms with Crippen molar-refractivity contribution in [3.63, 3.8) is 0 Å². The van der Waals surface area contributed by atoms with Crippen molar-refractivity contribution in [2.75, 3.05) is 6.54 Å². The van der Waals surface area contributed by atoms with E-state index >= 15 is 0 Å². The minimum atomic E-state index is -2.59. The lowest BCUT2D eigenvalue weighted by Crippen LogP contribution is -2.12. The Morgan fingerprint density at radius 3 is 3.00 bits per heavy atom. The first-order valence-electron chi connectivity index (χ1n) is 5.11. The van der Waals surface area contributed by atoms with Crippen LogP contribution >= 0.6 is 11.8 Å². The van der Waals surface area contributed by atoms with Crippen LogP contribution in [0.25, 0.3) is 0 Å². The van der Waals surface area contributed by atoms with Crippen molar-refractivity contribution in [2.45, 2.75) is 24.0 Å². The largest absolute Gasteiger partial charge is 0.329 e. The number of rotatable bonds is 6. The van der Waals surface area contributed by atoms with Gasteiger partial charge in [-0.3, -0.25) is 4.57 Å². The van der Waals surface area contributed by atoms with E-state index in [-0.39, 0.29) is 11.6 Å². The summed E-state index contributed by atoms with van der Waals surface area (Å²) in [5.41, 5.74) is 5.40. The minimum Gasteiger partial charge on any atom is -0.329 e. The lowest BCUT2D eigenvalue weighted by atomic mass is 10.7. The summed E-state index contributed by atoms with van der Waals surface area (Å²) in [5, 5.41) is 11.6. The van der Waals surface area contributed by atoms with Crippen molar-refractivity contribution >= 4 is 11.8 Å². The molecule has 0 spiro atoms. The van der Waals surface area contributed by atoms with Crippen molar-refractivity contribution < 1.29 is 8.78 Å². The molecule has 0 atom stereocenters. The molecule has 2 N–H and O–H groups in total. The highest BCUT2D eigenvalue weighted by atomic mass is 32.2. The second-order valence-corrected chi connectivity index (χ2v) is 4.23. The van der Waals surface area contributed by atoms with Gasteiger partial charge in [-0.2, -0.15) is 8.78 Å². The molecule has 0 aromatic carbocycles. The summed E-state index contributed by atoms with van der Waals surface area (Å²) < 4.78 is 27.5. The van der Waals surface area contributed by atoms with Gasteiger partial charge in [-0.15, -0.1) is 5.10 Å². The van der Waals surface area contributed by atoms with Crippen LogP contribution in [0.1, 0.15) is 12.4 Å². The monoisotopic (exact) mass is 275 g/mol. The highest BCUT2D eigenvalue weighted by Gasteiger charge is 2.13.